The Morgan fingerprint density at radius 3 is 2.57 bits per heavy atom. The number of hydrogen-bond acceptors (Lipinski definition) is 2. The molecule has 0 aliphatic rings. The lowest BCUT2D eigenvalue weighted by Gasteiger charge is -2.01. The van der Waals surface area contributed by atoms with Crippen LogP contribution >= 0.6 is 0 Å². The lowest BCUT2D eigenvalue weighted by atomic mass is 10.1. The minimum Gasteiger partial charge on any atom is -0.349 e. The average molecular weight is 195 g/mol. The van der Waals surface area contributed by atoms with Gasteiger partial charge in [0, 0.05) is 0 Å². The molecular formula is C10H10FNO2. The second kappa shape index (κ2) is 5.11. The third-order valence-corrected chi connectivity index (χ3v) is 1.66. The summed E-state index contributed by atoms with van der Waals surface area (Å²) in [6.45, 7) is 0.0139. The SMILES string of the molecule is O=CCNC(=O)Cc1ccc(F)cc1. The fourth-order valence-corrected chi connectivity index (χ4v) is 1.01. The van der Waals surface area contributed by atoms with E-state index < -0.39 is 0 Å². The van der Waals surface area contributed by atoms with Crippen molar-refractivity contribution in [2.45, 2.75) is 6.42 Å². The summed E-state index contributed by atoms with van der Waals surface area (Å²) in [6, 6.07) is 5.66. The molecule has 1 aromatic rings. The van der Waals surface area contributed by atoms with E-state index in [0.29, 0.717) is 6.29 Å². The predicted molar refractivity (Wildman–Crippen MR) is 49.2 cm³/mol. The molecule has 0 unspecified atom stereocenters. The standard InChI is InChI=1S/C10H10FNO2/c11-9-3-1-8(2-4-9)7-10(14)12-5-6-13/h1-4,6H,5,7H2,(H,12,14). The molecule has 0 bridgehead atoms. The van der Waals surface area contributed by atoms with Gasteiger partial charge < -0.3 is 10.1 Å². The first kappa shape index (κ1) is 10.4. The Morgan fingerprint density at radius 1 is 1.36 bits per heavy atom. The van der Waals surface area contributed by atoms with Crippen LogP contribution in [-0.4, -0.2) is 18.7 Å². The minimum absolute atomic E-state index is 0.0139. The van der Waals surface area contributed by atoms with Gasteiger partial charge in [0.05, 0.1) is 13.0 Å². The van der Waals surface area contributed by atoms with E-state index in [-0.39, 0.29) is 24.7 Å². The number of halogens is 1. The second-order valence-corrected chi connectivity index (χ2v) is 2.77. The van der Waals surface area contributed by atoms with Gasteiger partial charge >= 0.3 is 0 Å². The summed E-state index contributed by atoms with van der Waals surface area (Å²) >= 11 is 0. The Hall–Kier alpha value is -1.71. The molecular weight excluding hydrogens is 185 g/mol. The van der Waals surface area contributed by atoms with Crippen LogP contribution in [0.1, 0.15) is 5.56 Å². The van der Waals surface area contributed by atoms with E-state index in [2.05, 4.69) is 5.32 Å². The van der Waals surface area contributed by atoms with Crippen molar-refractivity contribution in [1.29, 1.82) is 0 Å². The first-order valence-corrected chi connectivity index (χ1v) is 4.17. The average Bonchev–Trinajstić information content (AvgIpc) is 2.18. The van der Waals surface area contributed by atoms with Gasteiger partial charge in [-0.2, -0.15) is 0 Å². The molecule has 0 aliphatic heterocycles. The molecule has 1 N–H and O–H groups in total. The van der Waals surface area contributed by atoms with Crippen LogP contribution in [0, 0.1) is 5.82 Å². The Morgan fingerprint density at radius 2 is 2.00 bits per heavy atom. The van der Waals surface area contributed by atoms with Crippen molar-refractivity contribution in [2.75, 3.05) is 6.54 Å². The van der Waals surface area contributed by atoms with Gasteiger partial charge in [-0.1, -0.05) is 12.1 Å². The third kappa shape index (κ3) is 3.35. The Balaban J connectivity index is 2.47. The molecule has 0 radical (unpaired) electrons. The highest BCUT2D eigenvalue weighted by Gasteiger charge is 2.01. The third-order valence-electron chi connectivity index (χ3n) is 1.66. The number of carbonyl (C=O) groups excluding carboxylic acids is 2. The lowest BCUT2D eigenvalue weighted by Crippen LogP contribution is -2.26. The maximum Gasteiger partial charge on any atom is 0.224 e. The number of benzene rings is 1. The Bertz CT molecular complexity index is 321. The molecule has 0 fully saturated rings. The largest absolute Gasteiger partial charge is 0.349 e. The summed E-state index contributed by atoms with van der Waals surface area (Å²) in [7, 11) is 0. The van der Waals surface area contributed by atoms with Gasteiger partial charge in [0.15, 0.2) is 0 Å². The van der Waals surface area contributed by atoms with Gasteiger partial charge in [-0.15, -0.1) is 0 Å². The van der Waals surface area contributed by atoms with Crippen LogP contribution in [-0.2, 0) is 16.0 Å². The molecule has 1 rings (SSSR count). The molecule has 0 heterocycles. The van der Waals surface area contributed by atoms with E-state index in [1.165, 1.54) is 24.3 Å². The first-order chi connectivity index (χ1) is 6.72. The van der Waals surface area contributed by atoms with Gasteiger partial charge in [-0.05, 0) is 17.7 Å². The van der Waals surface area contributed by atoms with Crippen molar-refractivity contribution in [3.05, 3.63) is 35.6 Å². The zero-order valence-electron chi connectivity index (χ0n) is 7.50. The van der Waals surface area contributed by atoms with Gasteiger partial charge in [0.2, 0.25) is 5.91 Å². The predicted octanol–water partition coefficient (Wildman–Crippen LogP) is 0.683. The van der Waals surface area contributed by atoms with E-state index in [1.807, 2.05) is 0 Å². The molecule has 0 aromatic heterocycles. The van der Waals surface area contributed by atoms with Crippen molar-refractivity contribution >= 4 is 12.2 Å². The number of nitrogens with one attached hydrogen (secondary N) is 1. The van der Waals surface area contributed by atoms with Crippen LogP contribution in [0.3, 0.4) is 0 Å². The highest BCUT2D eigenvalue weighted by molar-refractivity contribution is 5.80. The number of carbonyl (C=O) groups is 2. The maximum absolute atomic E-state index is 12.5. The molecule has 14 heavy (non-hydrogen) atoms. The summed E-state index contributed by atoms with van der Waals surface area (Å²) in [5.74, 6) is -0.578. The van der Waals surface area contributed by atoms with Crippen LogP contribution < -0.4 is 5.32 Å². The van der Waals surface area contributed by atoms with Gasteiger partial charge in [-0.25, -0.2) is 4.39 Å². The lowest BCUT2D eigenvalue weighted by molar-refractivity contribution is -0.121. The Labute approximate surface area is 80.9 Å². The molecule has 0 spiro atoms. The molecule has 0 atom stereocenters. The molecule has 1 amide bonds. The molecule has 3 nitrogen and oxygen atoms in total. The zero-order valence-corrected chi connectivity index (χ0v) is 7.50. The van der Waals surface area contributed by atoms with Gasteiger partial charge in [-0.3, -0.25) is 4.79 Å². The van der Waals surface area contributed by atoms with Crippen LogP contribution in [0.15, 0.2) is 24.3 Å². The maximum atomic E-state index is 12.5. The van der Waals surface area contributed by atoms with Crippen LogP contribution in [0.4, 0.5) is 4.39 Å². The quantitative estimate of drug-likeness (QED) is 0.718. The van der Waals surface area contributed by atoms with E-state index in [4.69, 9.17) is 0 Å². The molecule has 0 aliphatic carbocycles. The summed E-state index contributed by atoms with van der Waals surface area (Å²) in [6.07, 6.45) is 0.774. The van der Waals surface area contributed by atoms with E-state index in [9.17, 15) is 14.0 Å². The summed E-state index contributed by atoms with van der Waals surface area (Å²) in [5.41, 5.74) is 0.717. The number of amides is 1. The highest BCUT2D eigenvalue weighted by atomic mass is 19.1. The van der Waals surface area contributed by atoms with Crippen LogP contribution in [0.25, 0.3) is 0 Å². The Kier molecular flexibility index (Phi) is 3.79. The van der Waals surface area contributed by atoms with Crippen molar-refractivity contribution < 1.29 is 14.0 Å². The molecule has 1 aromatic carbocycles. The molecule has 4 heteroatoms. The molecule has 74 valence electrons. The topological polar surface area (TPSA) is 46.2 Å². The van der Waals surface area contributed by atoms with Crippen molar-refractivity contribution in [1.82, 2.24) is 5.32 Å². The number of rotatable bonds is 4. The van der Waals surface area contributed by atoms with Crippen LogP contribution in [0.2, 0.25) is 0 Å². The van der Waals surface area contributed by atoms with Crippen LogP contribution in [0.5, 0.6) is 0 Å². The monoisotopic (exact) mass is 195 g/mol. The number of hydrogen-bond donors (Lipinski definition) is 1. The smallest absolute Gasteiger partial charge is 0.224 e. The fraction of sp³-hybridized carbons (Fsp3) is 0.200. The summed E-state index contributed by atoms with van der Waals surface area (Å²) in [4.78, 5) is 21.0. The fourth-order valence-electron chi connectivity index (χ4n) is 1.01. The van der Waals surface area contributed by atoms with Gasteiger partial charge in [0.25, 0.3) is 0 Å². The van der Waals surface area contributed by atoms with E-state index in [0.717, 1.165) is 5.56 Å². The first-order valence-electron chi connectivity index (χ1n) is 4.17. The van der Waals surface area contributed by atoms with Crippen molar-refractivity contribution in [2.24, 2.45) is 0 Å². The van der Waals surface area contributed by atoms with Gasteiger partial charge in [0.1, 0.15) is 12.1 Å². The highest BCUT2D eigenvalue weighted by Crippen LogP contribution is 2.02. The minimum atomic E-state index is -0.331. The van der Waals surface area contributed by atoms with Crippen molar-refractivity contribution in [3.63, 3.8) is 0 Å². The summed E-state index contributed by atoms with van der Waals surface area (Å²) < 4.78 is 12.5. The normalized spacial score (nSPS) is 9.50. The van der Waals surface area contributed by atoms with Crippen molar-refractivity contribution in [3.8, 4) is 0 Å². The molecule has 0 saturated heterocycles. The number of aldehydes is 1. The second-order valence-electron chi connectivity index (χ2n) is 2.77. The zero-order chi connectivity index (χ0) is 10.4. The van der Waals surface area contributed by atoms with E-state index >= 15 is 0 Å². The molecule has 0 saturated carbocycles. The summed E-state index contributed by atoms with van der Waals surface area (Å²) in [5, 5.41) is 2.39. The van der Waals surface area contributed by atoms with E-state index in [1.54, 1.807) is 0 Å².